The van der Waals surface area contributed by atoms with Crippen LogP contribution in [0.25, 0.3) is 16.7 Å². The van der Waals surface area contributed by atoms with Gasteiger partial charge in [0.2, 0.25) is 5.95 Å². The van der Waals surface area contributed by atoms with E-state index in [1.807, 2.05) is 36.4 Å². The minimum absolute atomic E-state index is 0.389. The Morgan fingerprint density at radius 2 is 1.83 bits per heavy atom. The van der Waals surface area contributed by atoms with Gasteiger partial charge in [0.1, 0.15) is 0 Å². The molecule has 3 nitrogen and oxygen atoms in total. The quantitative estimate of drug-likeness (QED) is 0.733. The van der Waals surface area contributed by atoms with Gasteiger partial charge in [0.05, 0.1) is 21.7 Å². The van der Waals surface area contributed by atoms with Gasteiger partial charge in [0.25, 0.3) is 0 Å². The third-order valence-electron chi connectivity index (χ3n) is 2.74. The molecule has 0 aliphatic rings. The number of para-hydroxylation sites is 1. The van der Waals surface area contributed by atoms with Gasteiger partial charge in [-0.25, -0.2) is 4.98 Å². The highest BCUT2D eigenvalue weighted by Crippen LogP contribution is 2.29. The second-order valence-corrected chi connectivity index (χ2v) is 4.73. The summed E-state index contributed by atoms with van der Waals surface area (Å²) in [4.78, 5) is 4.30. The van der Waals surface area contributed by atoms with Crippen LogP contribution < -0.4 is 5.73 Å². The highest BCUT2D eigenvalue weighted by atomic mass is 35.5. The molecule has 18 heavy (non-hydrogen) atoms. The molecule has 1 heterocycles. The molecule has 2 N–H and O–H groups in total. The van der Waals surface area contributed by atoms with Crippen molar-refractivity contribution in [2.75, 3.05) is 5.73 Å². The standard InChI is InChI=1S/C13H9Cl2N3/c14-8-5-6-10-12(7-8)18(13(16)17-10)11-4-2-1-3-9(11)15/h1-7H,(H2,16,17). The Kier molecular flexibility index (Phi) is 2.65. The Hall–Kier alpha value is -1.71. The molecule has 0 aliphatic heterocycles. The van der Waals surface area contributed by atoms with E-state index >= 15 is 0 Å². The molecule has 0 saturated carbocycles. The monoisotopic (exact) mass is 277 g/mol. The summed E-state index contributed by atoms with van der Waals surface area (Å²) in [6, 6.07) is 12.9. The Morgan fingerprint density at radius 3 is 2.61 bits per heavy atom. The number of aromatic nitrogens is 2. The second kappa shape index (κ2) is 4.19. The van der Waals surface area contributed by atoms with E-state index in [0.717, 1.165) is 16.7 Å². The van der Waals surface area contributed by atoms with Gasteiger partial charge in [0.15, 0.2) is 0 Å². The van der Waals surface area contributed by atoms with Gasteiger partial charge in [0, 0.05) is 5.02 Å². The molecule has 0 fully saturated rings. The van der Waals surface area contributed by atoms with Crippen LogP contribution in [0.1, 0.15) is 0 Å². The molecular formula is C13H9Cl2N3. The smallest absolute Gasteiger partial charge is 0.205 e. The van der Waals surface area contributed by atoms with Crippen molar-refractivity contribution < 1.29 is 0 Å². The van der Waals surface area contributed by atoms with Gasteiger partial charge in [-0.15, -0.1) is 0 Å². The molecule has 0 bridgehead atoms. The van der Waals surface area contributed by atoms with Gasteiger partial charge in [-0.05, 0) is 30.3 Å². The van der Waals surface area contributed by atoms with Crippen LogP contribution >= 0.6 is 23.2 Å². The van der Waals surface area contributed by atoms with Gasteiger partial charge < -0.3 is 5.73 Å². The Morgan fingerprint density at radius 1 is 1.06 bits per heavy atom. The number of imidazole rings is 1. The number of hydrogen-bond acceptors (Lipinski definition) is 2. The number of nitrogen functional groups attached to an aromatic ring is 1. The molecule has 3 aromatic rings. The average molecular weight is 278 g/mol. The van der Waals surface area contributed by atoms with Crippen molar-refractivity contribution in [2.24, 2.45) is 0 Å². The third-order valence-corrected chi connectivity index (χ3v) is 3.29. The van der Waals surface area contributed by atoms with Crippen molar-refractivity contribution in [3.63, 3.8) is 0 Å². The van der Waals surface area contributed by atoms with Gasteiger partial charge in [-0.3, -0.25) is 4.57 Å². The predicted octanol–water partition coefficient (Wildman–Crippen LogP) is 3.91. The van der Waals surface area contributed by atoms with Crippen LogP contribution in [-0.2, 0) is 0 Å². The fraction of sp³-hybridized carbons (Fsp3) is 0. The summed E-state index contributed by atoms with van der Waals surface area (Å²) in [5.74, 6) is 0.389. The van der Waals surface area contributed by atoms with Gasteiger partial charge >= 0.3 is 0 Å². The molecule has 0 saturated heterocycles. The van der Waals surface area contributed by atoms with Crippen molar-refractivity contribution in [3.05, 3.63) is 52.5 Å². The first-order valence-corrected chi connectivity index (χ1v) is 6.11. The SMILES string of the molecule is Nc1nc2ccc(Cl)cc2n1-c1ccccc1Cl. The molecule has 0 aliphatic carbocycles. The van der Waals surface area contributed by atoms with Crippen molar-refractivity contribution in [3.8, 4) is 5.69 Å². The zero-order valence-corrected chi connectivity index (χ0v) is 10.8. The first kappa shape index (κ1) is 11.4. The molecule has 3 rings (SSSR count). The Bertz CT molecular complexity index is 734. The molecule has 0 unspecified atom stereocenters. The summed E-state index contributed by atoms with van der Waals surface area (Å²) in [5, 5.41) is 1.25. The topological polar surface area (TPSA) is 43.8 Å². The summed E-state index contributed by atoms with van der Waals surface area (Å²) in [5.41, 5.74) is 8.38. The van der Waals surface area contributed by atoms with Crippen molar-refractivity contribution in [1.29, 1.82) is 0 Å². The van der Waals surface area contributed by atoms with E-state index in [2.05, 4.69) is 4.98 Å². The van der Waals surface area contributed by atoms with Crippen molar-refractivity contribution >= 4 is 40.2 Å². The van der Waals surface area contributed by atoms with E-state index in [9.17, 15) is 0 Å². The Balaban J connectivity index is 2.38. The zero-order valence-electron chi connectivity index (χ0n) is 9.27. The van der Waals surface area contributed by atoms with Crippen molar-refractivity contribution in [1.82, 2.24) is 9.55 Å². The number of rotatable bonds is 1. The number of halogens is 2. The summed E-state index contributed by atoms with van der Waals surface area (Å²) in [7, 11) is 0. The Labute approximate surface area is 114 Å². The van der Waals surface area contributed by atoms with Crippen LogP contribution in [0.4, 0.5) is 5.95 Å². The second-order valence-electron chi connectivity index (χ2n) is 3.89. The lowest BCUT2D eigenvalue weighted by atomic mass is 10.3. The largest absolute Gasteiger partial charge is 0.369 e. The summed E-state index contributed by atoms with van der Waals surface area (Å²) < 4.78 is 1.80. The number of anilines is 1. The average Bonchev–Trinajstić information content (AvgIpc) is 2.66. The van der Waals surface area contributed by atoms with E-state index in [1.54, 1.807) is 10.6 Å². The number of benzene rings is 2. The number of nitrogens with two attached hydrogens (primary N) is 1. The molecule has 0 atom stereocenters. The molecule has 2 aromatic carbocycles. The normalized spacial score (nSPS) is 11.0. The van der Waals surface area contributed by atoms with Crippen LogP contribution in [0.5, 0.6) is 0 Å². The van der Waals surface area contributed by atoms with E-state index in [4.69, 9.17) is 28.9 Å². The van der Waals surface area contributed by atoms with Crippen LogP contribution in [0.15, 0.2) is 42.5 Å². The molecule has 1 aromatic heterocycles. The highest BCUT2D eigenvalue weighted by Gasteiger charge is 2.12. The van der Waals surface area contributed by atoms with E-state index in [1.165, 1.54) is 0 Å². The zero-order chi connectivity index (χ0) is 12.7. The molecular weight excluding hydrogens is 269 g/mol. The lowest BCUT2D eigenvalue weighted by Crippen LogP contribution is -2.01. The van der Waals surface area contributed by atoms with Gasteiger partial charge in [-0.2, -0.15) is 0 Å². The maximum atomic E-state index is 6.19. The maximum absolute atomic E-state index is 6.19. The number of nitrogens with zero attached hydrogens (tertiary/aromatic N) is 2. The molecule has 0 radical (unpaired) electrons. The van der Waals surface area contributed by atoms with Crippen LogP contribution in [0.3, 0.4) is 0 Å². The fourth-order valence-corrected chi connectivity index (χ4v) is 2.34. The molecule has 0 amide bonds. The first-order chi connectivity index (χ1) is 8.66. The van der Waals surface area contributed by atoms with E-state index in [0.29, 0.717) is 16.0 Å². The minimum Gasteiger partial charge on any atom is -0.369 e. The summed E-state index contributed by atoms with van der Waals surface area (Å²) in [6.45, 7) is 0. The molecule has 90 valence electrons. The van der Waals surface area contributed by atoms with Gasteiger partial charge in [-0.1, -0.05) is 35.3 Å². The van der Waals surface area contributed by atoms with E-state index < -0.39 is 0 Å². The predicted molar refractivity (Wildman–Crippen MR) is 75.5 cm³/mol. The highest BCUT2D eigenvalue weighted by molar-refractivity contribution is 6.32. The lowest BCUT2D eigenvalue weighted by Gasteiger charge is -2.08. The molecule has 5 heteroatoms. The van der Waals surface area contributed by atoms with E-state index in [-0.39, 0.29) is 0 Å². The van der Waals surface area contributed by atoms with Crippen LogP contribution in [-0.4, -0.2) is 9.55 Å². The van der Waals surface area contributed by atoms with Crippen LogP contribution in [0.2, 0.25) is 10.0 Å². The van der Waals surface area contributed by atoms with Crippen LogP contribution in [0, 0.1) is 0 Å². The summed E-state index contributed by atoms with van der Waals surface area (Å²) >= 11 is 12.2. The number of fused-ring (bicyclic) bond motifs is 1. The number of hydrogen-bond donors (Lipinski definition) is 1. The fourth-order valence-electron chi connectivity index (χ4n) is 1.95. The minimum atomic E-state index is 0.389. The first-order valence-electron chi connectivity index (χ1n) is 5.35. The maximum Gasteiger partial charge on any atom is 0.205 e. The third kappa shape index (κ3) is 1.72. The molecule has 0 spiro atoms. The lowest BCUT2D eigenvalue weighted by molar-refractivity contribution is 1.11. The van der Waals surface area contributed by atoms with Crippen molar-refractivity contribution in [2.45, 2.75) is 0 Å². The summed E-state index contributed by atoms with van der Waals surface area (Å²) in [6.07, 6.45) is 0.